The van der Waals surface area contributed by atoms with E-state index in [2.05, 4.69) is 24.3 Å². The Morgan fingerprint density at radius 2 is 2.17 bits per heavy atom. The second-order valence-electron chi connectivity index (χ2n) is 5.17. The van der Waals surface area contributed by atoms with Gasteiger partial charge < -0.3 is 5.32 Å². The van der Waals surface area contributed by atoms with Gasteiger partial charge in [-0.2, -0.15) is 18.3 Å². The van der Waals surface area contributed by atoms with Gasteiger partial charge in [-0.15, -0.1) is 0 Å². The van der Waals surface area contributed by atoms with Gasteiger partial charge in [0.25, 0.3) is 0 Å². The average Bonchev–Trinajstić information content (AvgIpc) is 2.64. The zero-order chi connectivity index (χ0) is 13.3. The first kappa shape index (κ1) is 13.4. The summed E-state index contributed by atoms with van der Waals surface area (Å²) in [7, 11) is 0. The lowest BCUT2D eigenvalue weighted by Crippen LogP contribution is -2.39. The minimum absolute atomic E-state index is 0.104. The molecule has 1 heterocycles. The SMILES string of the molecule is CC(C)NCC1CCC1n1cc(C(F)(F)F)cn1. The number of hydrogen-bond acceptors (Lipinski definition) is 2. The maximum atomic E-state index is 12.5. The van der Waals surface area contributed by atoms with Crippen LogP contribution in [0.5, 0.6) is 0 Å². The number of hydrogen-bond donors (Lipinski definition) is 1. The summed E-state index contributed by atoms with van der Waals surface area (Å²) in [5.41, 5.74) is -0.662. The van der Waals surface area contributed by atoms with E-state index in [0.29, 0.717) is 12.0 Å². The molecule has 0 amide bonds. The van der Waals surface area contributed by atoms with E-state index >= 15 is 0 Å². The number of nitrogens with zero attached hydrogens (tertiary/aromatic N) is 2. The van der Waals surface area contributed by atoms with Crippen LogP contribution >= 0.6 is 0 Å². The summed E-state index contributed by atoms with van der Waals surface area (Å²) in [4.78, 5) is 0. The Balaban J connectivity index is 1.97. The molecule has 2 atom stereocenters. The fraction of sp³-hybridized carbons (Fsp3) is 0.750. The van der Waals surface area contributed by atoms with Crippen molar-refractivity contribution in [2.24, 2.45) is 5.92 Å². The molecule has 1 aliphatic rings. The second kappa shape index (κ2) is 4.91. The zero-order valence-electron chi connectivity index (χ0n) is 10.5. The number of nitrogens with one attached hydrogen (secondary N) is 1. The second-order valence-corrected chi connectivity index (χ2v) is 5.17. The summed E-state index contributed by atoms with van der Waals surface area (Å²) >= 11 is 0. The van der Waals surface area contributed by atoms with Crippen molar-refractivity contribution in [2.75, 3.05) is 6.54 Å². The molecule has 0 bridgehead atoms. The van der Waals surface area contributed by atoms with Crippen molar-refractivity contribution in [3.8, 4) is 0 Å². The molecule has 0 saturated heterocycles. The molecule has 102 valence electrons. The smallest absolute Gasteiger partial charge is 0.314 e. The molecule has 6 heteroatoms. The summed E-state index contributed by atoms with van der Waals surface area (Å²) < 4.78 is 38.9. The molecule has 18 heavy (non-hydrogen) atoms. The normalized spacial score (nSPS) is 24.3. The summed E-state index contributed by atoms with van der Waals surface area (Å²) in [5, 5.41) is 7.17. The Hall–Kier alpha value is -1.04. The van der Waals surface area contributed by atoms with E-state index < -0.39 is 11.7 Å². The van der Waals surface area contributed by atoms with Crippen molar-refractivity contribution in [1.82, 2.24) is 15.1 Å². The lowest BCUT2D eigenvalue weighted by Gasteiger charge is -2.37. The van der Waals surface area contributed by atoms with E-state index in [1.807, 2.05) is 0 Å². The van der Waals surface area contributed by atoms with Crippen LogP contribution in [0.25, 0.3) is 0 Å². The van der Waals surface area contributed by atoms with Gasteiger partial charge in [-0.3, -0.25) is 4.68 Å². The van der Waals surface area contributed by atoms with Crippen molar-refractivity contribution < 1.29 is 13.2 Å². The van der Waals surface area contributed by atoms with Gasteiger partial charge in [0.2, 0.25) is 0 Å². The first-order valence-electron chi connectivity index (χ1n) is 6.22. The molecule has 1 saturated carbocycles. The van der Waals surface area contributed by atoms with Gasteiger partial charge in [-0.05, 0) is 18.8 Å². The Bertz CT molecular complexity index is 398. The van der Waals surface area contributed by atoms with E-state index in [0.717, 1.165) is 31.8 Å². The van der Waals surface area contributed by atoms with E-state index in [1.54, 1.807) is 0 Å². The largest absolute Gasteiger partial charge is 0.419 e. The maximum Gasteiger partial charge on any atom is 0.419 e. The Kier molecular flexibility index (Phi) is 3.66. The van der Waals surface area contributed by atoms with Crippen LogP contribution in [-0.4, -0.2) is 22.4 Å². The molecule has 1 N–H and O–H groups in total. The molecule has 3 nitrogen and oxygen atoms in total. The topological polar surface area (TPSA) is 29.9 Å². The lowest BCUT2D eigenvalue weighted by molar-refractivity contribution is -0.137. The molecule has 0 spiro atoms. The van der Waals surface area contributed by atoms with Gasteiger partial charge in [0.1, 0.15) is 0 Å². The predicted molar refractivity (Wildman–Crippen MR) is 62.1 cm³/mol. The lowest BCUT2D eigenvalue weighted by atomic mass is 9.79. The van der Waals surface area contributed by atoms with Crippen LogP contribution in [-0.2, 0) is 6.18 Å². The summed E-state index contributed by atoms with van der Waals surface area (Å²) in [5.74, 6) is 0.383. The van der Waals surface area contributed by atoms with Gasteiger partial charge in [-0.1, -0.05) is 13.8 Å². The van der Waals surface area contributed by atoms with Gasteiger partial charge in [0, 0.05) is 18.8 Å². The molecule has 2 rings (SSSR count). The Morgan fingerprint density at radius 3 is 2.61 bits per heavy atom. The Labute approximate surface area is 104 Å². The van der Waals surface area contributed by atoms with Crippen LogP contribution < -0.4 is 5.32 Å². The molecule has 1 fully saturated rings. The van der Waals surface area contributed by atoms with Crippen LogP contribution in [0.2, 0.25) is 0 Å². The highest BCUT2D eigenvalue weighted by atomic mass is 19.4. The molecule has 0 aromatic carbocycles. The standard InChI is InChI=1S/C12H18F3N3/c1-8(2)16-5-9-3-4-11(9)18-7-10(6-17-18)12(13,14)15/h6-9,11,16H,3-5H2,1-2H3. The summed E-state index contributed by atoms with van der Waals surface area (Å²) in [6, 6.07) is 0.502. The zero-order valence-corrected chi connectivity index (χ0v) is 10.5. The predicted octanol–water partition coefficient (Wildman–Crippen LogP) is 2.85. The van der Waals surface area contributed by atoms with Crippen LogP contribution in [0, 0.1) is 5.92 Å². The average molecular weight is 261 g/mol. The van der Waals surface area contributed by atoms with Crippen LogP contribution in [0.1, 0.15) is 38.3 Å². The van der Waals surface area contributed by atoms with Gasteiger partial charge in [-0.25, -0.2) is 0 Å². The van der Waals surface area contributed by atoms with E-state index in [-0.39, 0.29) is 6.04 Å². The number of alkyl halides is 3. The maximum absolute atomic E-state index is 12.5. The number of halogens is 3. The number of aromatic nitrogens is 2. The van der Waals surface area contributed by atoms with E-state index in [1.165, 1.54) is 4.68 Å². The monoisotopic (exact) mass is 261 g/mol. The minimum Gasteiger partial charge on any atom is -0.314 e. The van der Waals surface area contributed by atoms with Gasteiger partial charge in [0.15, 0.2) is 0 Å². The molecular weight excluding hydrogens is 243 g/mol. The van der Waals surface area contributed by atoms with Crippen molar-refractivity contribution in [1.29, 1.82) is 0 Å². The molecule has 2 unspecified atom stereocenters. The third kappa shape index (κ3) is 2.85. The highest BCUT2D eigenvalue weighted by molar-refractivity contribution is 5.09. The molecule has 1 aromatic rings. The molecule has 0 radical (unpaired) electrons. The van der Waals surface area contributed by atoms with Crippen molar-refractivity contribution in [3.05, 3.63) is 18.0 Å². The molecule has 1 aliphatic carbocycles. The van der Waals surface area contributed by atoms with Crippen LogP contribution in [0.15, 0.2) is 12.4 Å². The quantitative estimate of drug-likeness (QED) is 0.903. The van der Waals surface area contributed by atoms with Crippen molar-refractivity contribution in [3.63, 3.8) is 0 Å². The molecule has 0 aliphatic heterocycles. The summed E-state index contributed by atoms with van der Waals surface area (Å²) in [6.45, 7) is 4.95. The van der Waals surface area contributed by atoms with Gasteiger partial charge in [0.05, 0.1) is 17.8 Å². The van der Waals surface area contributed by atoms with Crippen LogP contribution in [0.3, 0.4) is 0 Å². The first-order valence-corrected chi connectivity index (χ1v) is 6.22. The van der Waals surface area contributed by atoms with Gasteiger partial charge >= 0.3 is 6.18 Å². The van der Waals surface area contributed by atoms with E-state index in [9.17, 15) is 13.2 Å². The number of rotatable bonds is 4. The molecular formula is C12H18F3N3. The first-order chi connectivity index (χ1) is 8.38. The highest BCUT2D eigenvalue weighted by Crippen LogP contribution is 2.39. The van der Waals surface area contributed by atoms with Crippen molar-refractivity contribution in [2.45, 2.75) is 44.9 Å². The van der Waals surface area contributed by atoms with Crippen molar-refractivity contribution >= 4 is 0 Å². The fourth-order valence-corrected chi connectivity index (χ4v) is 2.19. The third-order valence-corrected chi connectivity index (χ3v) is 3.43. The Morgan fingerprint density at radius 1 is 1.44 bits per heavy atom. The van der Waals surface area contributed by atoms with E-state index in [4.69, 9.17) is 0 Å². The highest BCUT2D eigenvalue weighted by Gasteiger charge is 2.36. The third-order valence-electron chi connectivity index (χ3n) is 3.43. The molecule has 1 aromatic heterocycles. The fourth-order valence-electron chi connectivity index (χ4n) is 2.19. The van der Waals surface area contributed by atoms with Crippen LogP contribution in [0.4, 0.5) is 13.2 Å². The summed E-state index contributed by atoms with van der Waals surface area (Å²) in [6.07, 6.45) is -0.319. The minimum atomic E-state index is -4.30.